The fraction of sp³-hybridized carbons (Fsp3) is 0.0385. The molecule has 3 heteroatoms. The summed E-state index contributed by atoms with van der Waals surface area (Å²) in [4.78, 5) is 8.62. The van der Waals surface area contributed by atoms with Crippen molar-refractivity contribution in [3.8, 4) is 0 Å². The third-order valence-electron chi connectivity index (χ3n) is 5.42. The highest BCUT2D eigenvalue weighted by Gasteiger charge is 2.41. The molecule has 0 fully saturated rings. The molecular weight excluding hydrogens is 376 g/mol. The van der Waals surface area contributed by atoms with Crippen LogP contribution in [0.5, 0.6) is 0 Å². The summed E-state index contributed by atoms with van der Waals surface area (Å²) in [5.41, 5.74) is 4.72. The number of H-pyrrole nitrogens is 1. The molecule has 0 atom stereocenters. The van der Waals surface area contributed by atoms with Gasteiger partial charge < -0.3 is 4.98 Å². The third-order valence-corrected chi connectivity index (χ3v) is 5.65. The van der Waals surface area contributed by atoms with Gasteiger partial charge in [-0.1, -0.05) is 103 Å². The van der Waals surface area contributed by atoms with Gasteiger partial charge in [0.15, 0.2) is 0 Å². The first-order valence-corrected chi connectivity index (χ1v) is 9.98. The molecule has 0 amide bonds. The molecule has 0 aliphatic heterocycles. The Kier molecular flexibility index (Phi) is 4.42. The number of nitrogens with zero attached hydrogens (tertiary/aromatic N) is 1. The van der Waals surface area contributed by atoms with Crippen LogP contribution in [0.1, 0.15) is 22.5 Å². The molecule has 5 aromatic rings. The highest BCUT2D eigenvalue weighted by atomic mass is 35.5. The van der Waals surface area contributed by atoms with Crippen molar-refractivity contribution in [3.05, 3.63) is 137 Å². The van der Waals surface area contributed by atoms with Crippen LogP contribution >= 0.6 is 11.6 Å². The van der Waals surface area contributed by atoms with Gasteiger partial charge >= 0.3 is 0 Å². The Morgan fingerprint density at radius 1 is 0.621 bits per heavy atom. The summed E-state index contributed by atoms with van der Waals surface area (Å²) in [7, 11) is 0. The summed E-state index contributed by atoms with van der Waals surface area (Å²) < 4.78 is 0. The maximum absolute atomic E-state index is 6.25. The van der Waals surface area contributed by atoms with Crippen LogP contribution in [-0.2, 0) is 5.41 Å². The zero-order valence-electron chi connectivity index (χ0n) is 15.7. The monoisotopic (exact) mass is 394 g/mol. The van der Waals surface area contributed by atoms with Crippen LogP contribution in [0.4, 0.5) is 0 Å². The van der Waals surface area contributed by atoms with Crippen molar-refractivity contribution in [2.45, 2.75) is 5.41 Å². The van der Waals surface area contributed by atoms with Gasteiger partial charge in [0, 0.05) is 5.02 Å². The lowest BCUT2D eigenvalue weighted by Gasteiger charge is -2.34. The highest BCUT2D eigenvalue weighted by molar-refractivity contribution is 6.31. The highest BCUT2D eigenvalue weighted by Crippen LogP contribution is 2.44. The average Bonchev–Trinajstić information content (AvgIpc) is 3.20. The zero-order chi connectivity index (χ0) is 19.7. The van der Waals surface area contributed by atoms with Gasteiger partial charge in [0.1, 0.15) is 11.2 Å². The number of hydrogen-bond acceptors (Lipinski definition) is 1. The van der Waals surface area contributed by atoms with Gasteiger partial charge in [-0.05, 0) is 34.9 Å². The van der Waals surface area contributed by atoms with Crippen molar-refractivity contribution in [2.75, 3.05) is 0 Å². The van der Waals surface area contributed by atoms with Gasteiger partial charge in [0.05, 0.1) is 11.0 Å². The molecule has 4 aromatic carbocycles. The summed E-state index contributed by atoms with van der Waals surface area (Å²) in [6, 6.07) is 37.4. The second-order valence-corrected chi connectivity index (χ2v) is 7.53. The second-order valence-electron chi connectivity index (χ2n) is 7.09. The lowest BCUT2D eigenvalue weighted by atomic mass is 9.69. The van der Waals surface area contributed by atoms with Gasteiger partial charge in [0.2, 0.25) is 0 Å². The molecule has 140 valence electrons. The Morgan fingerprint density at radius 2 is 1.10 bits per heavy atom. The van der Waals surface area contributed by atoms with Crippen molar-refractivity contribution in [1.82, 2.24) is 9.97 Å². The van der Waals surface area contributed by atoms with Crippen LogP contribution in [0, 0.1) is 0 Å². The van der Waals surface area contributed by atoms with Crippen LogP contribution in [0.2, 0.25) is 5.02 Å². The topological polar surface area (TPSA) is 28.7 Å². The number of benzene rings is 4. The molecule has 2 nitrogen and oxygen atoms in total. The Labute approximate surface area is 174 Å². The van der Waals surface area contributed by atoms with E-state index in [-0.39, 0.29) is 0 Å². The quantitative estimate of drug-likeness (QED) is 0.342. The van der Waals surface area contributed by atoms with Crippen LogP contribution in [-0.4, -0.2) is 9.97 Å². The summed E-state index contributed by atoms with van der Waals surface area (Å²) in [6.07, 6.45) is 0. The van der Waals surface area contributed by atoms with Crippen LogP contribution < -0.4 is 0 Å². The number of aromatic nitrogens is 2. The predicted octanol–water partition coefficient (Wildman–Crippen LogP) is 6.60. The molecular formula is C26H19ClN2. The van der Waals surface area contributed by atoms with E-state index in [9.17, 15) is 0 Å². The Morgan fingerprint density at radius 3 is 1.59 bits per heavy atom. The number of nitrogens with one attached hydrogen (secondary N) is 1. The Balaban J connectivity index is 1.92. The van der Waals surface area contributed by atoms with E-state index in [1.165, 1.54) is 0 Å². The number of aromatic amines is 1. The van der Waals surface area contributed by atoms with Crippen LogP contribution in [0.15, 0.2) is 109 Å². The van der Waals surface area contributed by atoms with Gasteiger partial charge in [-0.2, -0.15) is 0 Å². The van der Waals surface area contributed by atoms with Crippen molar-refractivity contribution >= 4 is 22.6 Å². The smallest absolute Gasteiger partial charge is 0.126 e. The van der Waals surface area contributed by atoms with Crippen LogP contribution in [0.3, 0.4) is 0 Å². The second kappa shape index (κ2) is 7.23. The minimum atomic E-state index is -0.574. The van der Waals surface area contributed by atoms with E-state index < -0.39 is 5.41 Å². The van der Waals surface area contributed by atoms with Gasteiger partial charge in [0.25, 0.3) is 0 Å². The number of imidazole rings is 1. The molecule has 0 saturated heterocycles. The molecule has 1 aromatic heterocycles. The van der Waals surface area contributed by atoms with E-state index in [1.54, 1.807) is 0 Å². The maximum Gasteiger partial charge on any atom is 0.126 e. The molecule has 1 N–H and O–H groups in total. The number of rotatable bonds is 4. The van der Waals surface area contributed by atoms with Gasteiger partial charge in [-0.3, -0.25) is 0 Å². The third kappa shape index (κ3) is 2.93. The van der Waals surface area contributed by atoms with Crippen molar-refractivity contribution in [1.29, 1.82) is 0 Å². The average molecular weight is 395 g/mol. The summed E-state index contributed by atoms with van der Waals surface area (Å²) in [6.45, 7) is 0. The van der Waals surface area contributed by atoms with E-state index in [0.29, 0.717) is 5.02 Å². The summed E-state index contributed by atoms with van der Waals surface area (Å²) in [5.74, 6) is 0.873. The van der Waals surface area contributed by atoms with Crippen molar-refractivity contribution in [2.24, 2.45) is 0 Å². The van der Waals surface area contributed by atoms with E-state index in [2.05, 4.69) is 77.8 Å². The van der Waals surface area contributed by atoms with E-state index in [0.717, 1.165) is 33.5 Å². The summed E-state index contributed by atoms with van der Waals surface area (Å²) >= 11 is 6.25. The largest absolute Gasteiger partial charge is 0.341 e. The van der Waals surface area contributed by atoms with Crippen molar-refractivity contribution < 1.29 is 0 Å². The molecule has 0 aliphatic rings. The number of fused-ring (bicyclic) bond motifs is 1. The standard InChI is InChI=1S/C26H19ClN2/c27-22-16-17-23-24(18-22)29-25(28-23)26(19-10-4-1-5-11-19,20-12-6-2-7-13-20)21-14-8-3-9-15-21/h1-18H,(H,28,29). The maximum atomic E-state index is 6.25. The van der Waals surface area contributed by atoms with Crippen LogP contribution in [0.25, 0.3) is 11.0 Å². The fourth-order valence-electron chi connectivity index (χ4n) is 4.13. The van der Waals surface area contributed by atoms with Crippen molar-refractivity contribution in [3.63, 3.8) is 0 Å². The normalized spacial score (nSPS) is 11.6. The SMILES string of the molecule is Clc1ccc2nc(C(c3ccccc3)(c3ccccc3)c3ccccc3)[nH]c2c1. The lowest BCUT2D eigenvalue weighted by molar-refractivity contribution is 0.695. The van der Waals surface area contributed by atoms with E-state index in [4.69, 9.17) is 16.6 Å². The van der Waals surface area contributed by atoms with Gasteiger partial charge in [-0.25, -0.2) is 4.98 Å². The lowest BCUT2D eigenvalue weighted by Crippen LogP contribution is -2.32. The molecule has 0 spiro atoms. The van der Waals surface area contributed by atoms with Gasteiger partial charge in [-0.15, -0.1) is 0 Å². The Bertz CT molecular complexity index is 1150. The number of halogens is 1. The molecule has 0 aliphatic carbocycles. The minimum absolute atomic E-state index is 0.574. The zero-order valence-corrected chi connectivity index (χ0v) is 16.5. The first-order valence-electron chi connectivity index (χ1n) is 9.61. The molecule has 0 unspecified atom stereocenters. The summed E-state index contributed by atoms with van der Waals surface area (Å²) in [5, 5.41) is 0.692. The van der Waals surface area contributed by atoms with E-state index >= 15 is 0 Å². The molecule has 1 heterocycles. The fourth-order valence-corrected chi connectivity index (χ4v) is 4.31. The van der Waals surface area contributed by atoms with E-state index in [1.807, 2.05) is 36.4 Å². The molecule has 5 rings (SSSR count). The molecule has 29 heavy (non-hydrogen) atoms. The molecule has 0 saturated carbocycles. The first-order chi connectivity index (χ1) is 14.3. The Hall–Kier alpha value is -3.36. The molecule has 0 bridgehead atoms. The predicted molar refractivity (Wildman–Crippen MR) is 119 cm³/mol. The first kappa shape index (κ1) is 17.7. The minimum Gasteiger partial charge on any atom is -0.341 e. The number of hydrogen-bond donors (Lipinski definition) is 1. The molecule has 0 radical (unpaired) electrons.